The van der Waals surface area contributed by atoms with Crippen LogP contribution in [0.2, 0.25) is 10.0 Å². The molecule has 0 unspecified atom stereocenters. The molecule has 2 N–H and O–H groups in total. The number of hydrogen-bond donors (Lipinski definition) is 2. The van der Waals surface area contributed by atoms with Gasteiger partial charge in [0.25, 0.3) is 11.8 Å². The van der Waals surface area contributed by atoms with E-state index in [1.165, 1.54) is 6.07 Å². The summed E-state index contributed by atoms with van der Waals surface area (Å²) < 4.78 is 7.31. The van der Waals surface area contributed by atoms with Crippen molar-refractivity contribution in [1.82, 2.24) is 15.2 Å². The number of aromatic nitrogens is 1. The summed E-state index contributed by atoms with van der Waals surface area (Å²) in [5.74, 6) is -0.147. The zero-order valence-electron chi connectivity index (χ0n) is 15.4. The minimum atomic E-state index is -0.318. The van der Waals surface area contributed by atoms with Gasteiger partial charge in [-0.1, -0.05) is 23.2 Å². The summed E-state index contributed by atoms with van der Waals surface area (Å²) >= 11 is 11.8. The Bertz CT molecular complexity index is 973. The number of hydrogen-bond acceptors (Lipinski definition) is 3. The largest absolute Gasteiger partial charge is 0.482 e. The highest BCUT2D eigenvalue weighted by atomic mass is 35.5. The quantitative estimate of drug-likeness (QED) is 0.533. The maximum atomic E-state index is 12.2. The molecule has 0 aliphatic carbocycles. The second kappa shape index (κ2) is 10.0. The maximum Gasteiger partial charge on any atom is 0.258 e. The van der Waals surface area contributed by atoms with Gasteiger partial charge in [-0.3, -0.25) is 9.59 Å². The Hall–Kier alpha value is -2.96. The van der Waals surface area contributed by atoms with Crippen molar-refractivity contribution in [1.29, 1.82) is 0 Å². The van der Waals surface area contributed by atoms with Crippen LogP contribution in [-0.4, -0.2) is 36.1 Å². The van der Waals surface area contributed by atoms with E-state index >= 15 is 0 Å². The lowest BCUT2D eigenvalue weighted by Gasteiger charge is -2.10. The monoisotopic (exact) mass is 431 g/mol. The third-order valence-electron chi connectivity index (χ3n) is 4.02. The molecule has 0 radical (unpaired) electrons. The molecule has 8 heteroatoms. The minimum Gasteiger partial charge on any atom is -0.482 e. The van der Waals surface area contributed by atoms with E-state index < -0.39 is 0 Å². The van der Waals surface area contributed by atoms with E-state index in [0.29, 0.717) is 27.9 Å². The van der Waals surface area contributed by atoms with Gasteiger partial charge in [-0.15, -0.1) is 0 Å². The van der Waals surface area contributed by atoms with Crippen LogP contribution < -0.4 is 15.4 Å². The van der Waals surface area contributed by atoms with Gasteiger partial charge < -0.3 is 19.9 Å². The molecule has 2 amide bonds. The molecule has 150 valence electrons. The van der Waals surface area contributed by atoms with Crippen molar-refractivity contribution in [2.24, 2.45) is 0 Å². The normalized spacial score (nSPS) is 10.4. The third kappa shape index (κ3) is 6.01. The Balaban J connectivity index is 1.37. The number of amides is 2. The molecule has 0 spiro atoms. The Morgan fingerprint density at radius 3 is 2.31 bits per heavy atom. The van der Waals surface area contributed by atoms with Crippen LogP contribution in [0.4, 0.5) is 0 Å². The Morgan fingerprint density at radius 1 is 0.931 bits per heavy atom. The second-order valence-corrected chi connectivity index (χ2v) is 6.95. The molecule has 2 aromatic carbocycles. The van der Waals surface area contributed by atoms with Crippen LogP contribution in [0.1, 0.15) is 10.4 Å². The molecule has 0 saturated heterocycles. The van der Waals surface area contributed by atoms with Crippen LogP contribution in [0.3, 0.4) is 0 Å². The fraction of sp³-hybridized carbons (Fsp3) is 0.143. The van der Waals surface area contributed by atoms with Gasteiger partial charge in [-0.25, -0.2) is 0 Å². The summed E-state index contributed by atoms with van der Waals surface area (Å²) in [5, 5.41) is 6.25. The van der Waals surface area contributed by atoms with Crippen LogP contribution in [-0.2, 0) is 4.79 Å². The second-order valence-electron chi connectivity index (χ2n) is 6.11. The first-order valence-corrected chi connectivity index (χ1v) is 9.65. The standard InChI is InChI=1S/C21H19Cl2N3O3/c22-16-5-8-19(18(23)13-16)29-14-20(27)24-9-10-25-21(28)15-3-6-17(7-4-15)26-11-1-2-12-26/h1-8,11-13H,9-10,14H2,(H,24,27)(H,25,28). The molecule has 1 aromatic heterocycles. The predicted octanol–water partition coefficient (Wildman–Crippen LogP) is 3.71. The number of benzene rings is 2. The fourth-order valence-corrected chi connectivity index (χ4v) is 3.02. The maximum absolute atomic E-state index is 12.2. The van der Waals surface area contributed by atoms with Crippen molar-refractivity contribution in [3.8, 4) is 11.4 Å². The molecular weight excluding hydrogens is 413 g/mol. The number of rotatable bonds is 8. The molecular formula is C21H19Cl2N3O3. The highest BCUT2D eigenvalue weighted by Crippen LogP contribution is 2.27. The summed E-state index contributed by atoms with van der Waals surface area (Å²) in [5.41, 5.74) is 1.52. The fourth-order valence-electron chi connectivity index (χ4n) is 2.56. The third-order valence-corrected chi connectivity index (χ3v) is 4.55. The van der Waals surface area contributed by atoms with Gasteiger partial charge in [0.15, 0.2) is 6.61 Å². The summed E-state index contributed by atoms with van der Waals surface area (Å²) in [6, 6.07) is 15.9. The zero-order chi connectivity index (χ0) is 20.6. The first-order chi connectivity index (χ1) is 14.0. The highest BCUT2D eigenvalue weighted by molar-refractivity contribution is 6.35. The number of carbonyl (C=O) groups excluding carboxylic acids is 2. The lowest BCUT2D eigenvalue weighted by atomic mass is 10.2. The van der Waals surface area contributed by atoms with Crippen LogP contribution in [0.25, 0.3) is 5.69 Å². The summed E-state index contributed by atoms with van der Waals surface area (Å²) in [6.07, 6.45) is 3.87. The van der Waals surface area contributed by atoms with E-state index in [9.17, 15) is 9.59 Å². The molecule has 0 saturated carbocycles. The van der Waals surface area contributed by atoms with E-state index in [4.69, 9.17) is 27.9 Å². The Morgan fingerprint density at radius 2 is 1.62 bits per heavy atom. The van der Waals surface area contributed by atoms with E-state index in [0.717, 1.165) is 5.69 Å². The Kier molecular flexibility index (Phi) is 7.16. The van der Waals surface area contributed by atoms with Crippen LogP contribution in [0.5, 0.6) is 5.75 Å². The van der Waals surface area contributed by atoms with Crippen molar-refractivity contribution in [2.45, 2.75) is 0 Å². The van der Waals surface area contributed by atoms with Crippen molar-refractivity contribution in [2.75, 3.05) is 19.7 Å². The van der Waals surface area contributed by atoms with Crippen LogP contribution >= 0.6 is 23.2 Å². The minimum absolute atomic E-state index is 0.184. The number of nitrogens with one attached hydrogen (secondary N) is 2. The van der Waals surface area contributed by atoms with Gasteiger partial charge in [0, 0.05) is 41.8 Å². The topological polar surface area (TPSA) is 72.4 Å². The SMILES string of the molecule is O=C(COc1ccc(Cl)cc1Cl)NCCNC(=O)c1ccc(-n2cccc2)cc1. The number of carbonyl (C=O) groups is 2. The zero-order valence-corrected chi connectivity index (χ0v) is 16.9. The van der Waals surface area contributed by atoms with Gasteiger partial charge in [-0.2, -0.15) is 0 Å². The smallest absolute Gasteiger partial charge is 0.258 e. The number of ether oxygens (including phenoxy) is 1. The Labute approximate surface area is 178 Å². The summed E-state index contributed by atoms with van der Waals surface area (Å²) in [4.78, 5) is 24.0. The van der Waals surface area contributed by atoms with E-state index in [1.807, 2.05) is 41.2 Å². The molecule has 3 rings (SSSR count). The van der Waals surface area contributed by atoms with Gasteiger partial charge in [0.05, 0.1) is 5.02 Å². The van der Waals surface area contributed by atoms with Gasteiger partial charge in [0.2, 0.25) is 0 Å². The molecule has 0 fully saturated rings. The number of halogens is 2. The van der Waals surface area contributed by atoms with E-state index in [1.54, 1.807) is 24.3 Å². The van der Waals surface area contributed by atoms with Crippen LogP contribution in [0.15, 0.2) is 67.0 Å². The summed E-state index contributed by atoms with van der Waals surface area (Å²) in [6.45, 7) is 0.394. The average molecular weight is 432 g/mol. The summed E-state index contributed by atoms with van der Waals surface area (Å²) in [7, 11) is 0. The van der Waals surface area contributed by atoms with Crippen LogP contribution in [0, 0.1) is 0 Å². The molecule has 0 atom stereocenters. The van der Waals surface area contributed by atoms with Gasteiger partial charge in [0.1, 0.15) is 5.75 Å². The van der Waals surface area contributed by atoms with Crippen molar-refractivity contribution < 1.29 is 14.3 Å². The van der Waals surface area contributed by atoms with E-state index in [-0.39, 0.29) is 25.0 Å². The average Bonchev–Trinajstić information content (AvgIpc) is 3.25. The molecule has 0 bridgehead atoms. The van der Waals surface area contributed by atoms with Crippen molar-refractivity contribution in [3.05, 3.63) is 82.6 Å². The van der Waals surface area contributed by atoms with Gasteiger partial charge in [-0.05, 0) is 54.6 Å². The first-order valence-electron chi connectivity index (χ1n) is 8.89. The molecule has 3 aromatic rings. The molecule has 29 heavy (non-hydrogen) atoms. The van der Waals surface area contributed by atoms with E-state index in [2.05, 4.69) is 10.6 Å². The van der Waals surface area contributed by atoms with Gasteiger partial charge >= 0.3 is 0 Å². The molecule has 0 aliphatic rings. The highest BCUT2D eigenvalue weighted by Gasteiger charge is 2.08. The van der Waals surface area contributed by atoms with Crippen molar-refractivity contribution >= 4 is 35.0 Å². The molecule has 0 aliphatic heterocycles. The number of nitrogens with zero attached hydrogens (tertiary/aromatic N) is 1. The van der Waals surface area contributed by atoms with Crippen molar-refractivity contribution in [3.63, 3.8) is 0 Å². The first kappa shape index (κ1) is 20.8. The lowest BCUT2D eigenvalue weighted by Crippen LogP contribution is -2.36. The predicted molar refractivity (Wildman–Crippen MR) is 113 cm³/mol. The lowest BCUT2D eigenvalue weighted by molar-refractivity contribution is -0.123. The molecule has 6 nitrogen and oxygen atoms in total. The molecule has 1 heterocycles.